The number of ether oxygens (including phenoxy) is 1. The van der Waals surface area contributed by atoms with Gasteiger partial charge in [0.25, 0.3) is 5.69 Å². The molecule has 0 aliphatic heterocycles. The van der Waals surface area contributed by atoms with Gasteiger partial charge in [0.15, 0.2) is 0 Å². The Hall–Kier alpha value is -2.41. The number of nitro benzene ring substituents is 1. The van der Waals surface area contributed by atoms with Crippen LogP contribution >= 0.6 is 15.9 Å². The highest BCUT2D eigenvalue weighted by atomic mass is 79.9. The van der Waals surface area contributed by atoms with E-state index in [1.807, 2.05) is 0 Å². The minimum atomic E-state index is -0.463. The maximum atomic E-state index is 10.9. The molecule has 0 radical (unpaired) electrons. The van der Waals surface area contributed by atoms with E-state index < -0.39 is 4.92 Å². The smallest absolute Gasteiger partial charge is 0.276 e. The van der Waals surface area contributed by atoms with E-state index in [2.05, 4.69) is 15.9 Å². The molecule has 0 aromatic heterocycles. The van der Waals surface area contributed by atoms with Gasteiger partial charge >= 0.3 is 0 Å². The Labute approximate surface area is 129 Å². The summed E-state index contributed by atoms with van der Waals surface area (Å²) in [4.78, 5) is 10.5. The average Bonchev–Trinajstić information content (AvgIpc) is 2.40. The first kappa shape index (κ1) is 15.0. The van der Waals surface area contributed by atoms with Crippen LogP contribution in [0.15, 0.2) is 40.9 Å². The molecule has 21 heavy (non-hydrogen) atoms. The van der Waals surface area contributed by atoms with Crippen molar-refractivity contribution in [2.24, 2.45) is 5.73 Å². The van der Waals surface area contributed by atoms with Crippen LogP contribution < -0.4 is 10.5 Å². The van der Waals surface area contributed by atoms with E-state index in [1.54, 1.807) is 37.3 Å². The van der Waals surface area contributed by atoms with Crippen LogP contribution in [0, 0.1) is 22.4 Å². The summed E-state index contributed by atoms with van der Waals surface area (Å²) in [6.45, 7) is 1.61. The fourth-order valence-electron chi connectivity index (χ4n) is 1.88. The third-order valence-corrected chi connectivity index (χ3v) is 3.58. The van der Waals surface area contributed by atoms with Gasteiger partial charge in [-0.1, -0.05) is 12.1 Å². The molecule has 0 aliphatic rings. The summed E-state index contributed by atoms with van der Waals surface area (Å²) in [5.74, 6) is 0.561. The van der Waals surface area contributed by atoms with E-state index in [0.717, 1.165) is 0 Å². The molecule has 0 spiro atoms. The van der Waals surface area contributed by atoms with Crippen molar-refractivity contribution >= 4 is 27.5 Å². The van der Waals surface area contributed by atoms with Crippen molar-refractivity contribution in [2.45, 2.75) is 6.92 Å². The van der Waals surface area contributed by atoms with E-state index in [4.69, 9.17) is 15.9 Å². The van der Waals surface area contributed by atoms with Gasteiger partial charge in [0.2, 0.25) is 0 Å². The molecule has 0 saturated heterocycles. The lowest BCUT2D eigenvalue weighted by Gasteiger charge is -2.13. The first-order valence-corrected chi connectivity index (χ1v) is 6.76. The highest BCUT2D eigenvalue weighted by Crippen LogP contribution is 2.34. The second-order valence-corrected chi connectivity index (χ2v) is 5.14. The monoisotopic (exact) mass is 349 g/mol. The van der Waals surface area contributed by atoms with Crippen molar-refractivity contribution in [3.63, 3.8) is 0 Å². The standard InChI is InChI=1S/C14H12BrN3O3/c1-8-10(18(19)20)5-3-6-11(8)21-12-7-2-4-9(15)13(12)14(16)17/h2-7H,1H3,(H3,16,17). The van der Waals surface area contributed by atoms with E-state index in [1.165, 1.54) is 6.07 Å². The summed E-state index contributed by atoms with van der Waals surface area (Å²) in [5.41, 5.74) is 6.35. The molecular formula is C14H12BrN3O3. The molecule has 0 bridgehead atoms. The summed E-state index contributed by atoms with van der Waals surface area (Å²) < 4.78 is 6.34. The zero-order valence-electron chi connectivity index (χ0n) is 11.1. The summed E-state index contributed by atoms with van der Waals surface area (Å²) in [6, 6.07) is 9.72. The number of rotatable bonds is 4. The third-order valence-electron chi connectivity index (χ3n) is 2.92. The summed E-state index contributed by atoms with van der Waals surface area (Å²) in [5, 5.41) is 18.6. The molecule has 0 atom stereocenters. The van der Waals surface area contributed by atoms with E-state index in [9.17, 15) is 10.1 Å². The predicted octanol–water partition coefficient (Wildman–Crippen LogP) is 3.74. The lowest BCUT2D eigenvalue weighted by Crippen LogP contribution is -2.13. The van der Waals surface area contributed by atoms with Gasteiger partial charge in [0, 0.05) is 10.5 Å². The van der Waals surface area contributed by atoms with Gasteiger partial charge in [0.1, 0.15) is 17.3 Å². The van der Waals surface area contributed by atoms with Crippen LogP contribution in [0.3, 0.4) is 0 Å². The fraction of sp³-hybridized carbons (Fsp3) is 0.0714. The first-order chi connectivity index (χ1) is 9.91. The summed E-state index contributed by atoms with van der Waals surface area (Å²) in [6.07, 6.45) is 0. The SMILES string of the molecule is Cc1c(Oc2cccc(Br)c2C(=N)N)cccc1[N+](=O)[O-]. The Morgan fingerprint density at radius 2 is 1.90 bits per heavy atom. The predicted molar refractivity (Wildman–Crippen MR) is 83.1 cm³/mol. The van der Waals surface area contributed by atoms with Crippen molar-refractivity contribution in [3.8, 4) is 11.5 Å². The van der Waals surface area contributed by atoms with Crippen LogP contribution in [-0.2, 0) is 0 Å². The van der Waals surface area contributed by atoms with E-state index in [0.29, 0.717) is 27.1 Å². The highest BCUT2D eigenvalue weighted by Gasteiger charge is 2.17. The van der Waals surface area contributed by atoms with Crippen molar-refractivity contribution in [3.05, 3.63) is 62.1 Å². The van der Waals surface area contributed by atoms with Crippen molar-refractivity contribution < 1.29 is 9.66 Å². The minimum Gasteiger partial charge on any atom is -0.456 e. The van der Waals surface area contributed by atoms with E-state index >= 15 is 0 Å². The van der Waals surface area contributed by atoms with Crippen LogP contribution in [0.1, 0.15) is 11.1 Å². The largest absolute Gasteiger partial charge is 0.456 e. The number of nitrogens with one attached hydrogen (secondary N) is 1. The zero-order valence-corrected chi connectivity index (χ0v) is 12.7. The summed E-state index contributed by atoms with van der Waals surface area (Å²) >= 11 is 3.31. The topological polar surface area (TPSA) is 102 Å². The zero-order chi connectivity index (χ0) is 15.6. The van der Waals surface area contributed by atoms with Gasteiger partial charge in [0.05, 0.1) is 16.1 Å². The minimum absolute atomic E-state index is 0.0214. The molecule has 0 unspecified atom stereocenters. The second kappa shape index (κ2) is 5.92. The molecule has 108 valence electrons. The lowest BCUT2D eigenvalue weighted by molar-refractivity contribution is -0.385. The molecule has 0 saturated carbocycles. The molecule has 0 aliphatic carbocycles. The van der Waals surface area contributed by atoms with Gasteiger partial charge < -0.3 is 10.5 Å². The number of nitrogens with two attached hydrogens (primary N) is 1. The number of hydrogen-bond acceptors (Lipinski definition) is 4. The molecule has 7 heteroatoms. The fourth-order valence-corrected chi connectivity index (χ4v) is 2.44. The number of halogens is 1. The van der Waals surface area contributed by atoms with Crippen LogP contribution in [0.2, 0.25) is 0 Å². The van der Waals surface area contributed by atoms with Crippen molar-refractivity contribution in [1.82, 2.24) is 0 Å². The molecule has 0 heterocycles. The van der Waals surface area contributed by atoms with Crippen LogP contribution in [-0.4, -0.2) is 10.8 Å². The van der Waals surface area contributed by atoms with Gasteiger partial charge in [-0.05, 0) is 41.1 Å². The average molecular weight is 350 g/mol. The molecule has 0 amide bonds. The molecule has 2 aromatic carbocycles. The van der Waals surface area contributed by atoms with Gasteiger partial charge in [-0.3, -0.25) is 15.5 Å². The molecule has 2 rings (SSSR count). The number of hydrogen-bond donors (Lipinski definition) is 2. The summed E-state index contributed by atoms with van der Waals surface area (Å²) in [7, 11) is 0. The third kappa shape index (κ3) is 3.03. The second-order valence-electron chi connectivity index (χ2n) is 4.29. The Balaban J connectivity index is 2.49. The number of amidine groups is 1. The van der Waals surface area contributed by atoms with Crippen LogP contribution in [0.5, 0.6) is 11.5 Å². The Bertz CT molecular complexity index is 731. The Morgan fingerprint density at radius 3 is 2.52 bits per heavy atom. The maximum Gasteiger partial charge on any atom is 0.276 e. The number of nitrogens with zero attached hydrogens (tertiary/aromatic N) is 1. The quantitative estimate of drug-likeness (QED) is 0.379. The maximum absolute atomic E-state index is 10.9. The molecule has 3 N–H and O–H groups in total. The molecular weight excluding hydrogens is 338 g/mol. The van der Waals surface area contributed by atoms with Crippen LogP contribution in [0.25, 0.3) is 0 Å². The van der Waals surface area contributed by atoms with Gasteiger partial charge in [-0.25, -0.2) is 0 Å². The molecule has 0 fully saturated rings. The van der Waals surface area contributed by atoms with Gasteiger partial charge in [-0.15, -0.1) is 0 Å². The van der Waals surface area contributed by atoms with Gasteiger partial charge in [-0.2, -0.15) is 0 Å². The molecule has 6 nitrogen and oxygen atoms in total. The highest BCUT2D eigenvalue weighted by molar-refractivity contribution is 9.10. The lowest BCUT2D eigenvalue weighted by atomic mass is 10.1. The van der Waals surface area contributed by atoms with Crippen molar-refractivity contribution in [1.29, 1.82) is 5.41 Å². The van der Waals surface area contributed by atoms with Crippen molar-refractivity contribution in [2.75, 3.05) is 0 Å². The normalized spacial score (nSPS) is 10.2. The Morgan fingerprint density at radius 1 is 1.29 bits per heavy atom. The van der Waals surface area contributed by atoms with E-state index in [-0.39, 0.29) is 11.5 Å². The van der Waals surface area contributed by atoms with Crippen LogP contribution in [0.4, 0.5) is 5.69 Å². The molecule has 2 aromatic rings. The first-order valence-electron chi connectivity index (χ1n) is 5.96. The number of benzene rings is 2. The Kier molecular flexibility index (Phi) is 4.23. The number of nitrogen functional groups attached to an aromatic ring is 1. The number of nitro groups is 1.